The Bertz CT molecular complexity index is 248. The molecule has 0 aromatic rings. The molecule has 1 rings (SSSR count). The van der Waals surface area contributed by atoms with Crippen LogP contribution in [0.1, 0.15) is 46.5 Å². The van der Waals surface area contributed by atoms with Crippen molar-refractivity contribution in [2.45, 2.75) is 69.8 Å². The molecule has 4 unspecified atom stereocenters. The summed E-state index contributed by atoms with van der Waals surface area (Å²) in [6, 6.07) is 0.691. The summed E-state index contributed by atoms with van der Waals surface area (Å²) >= 11 is 1.92. The largest absolute Gasteiger partial charge is 0.352 e. The number of amides is 1. The van der Waals surface area contributed by atoms with Crippen molar-refractivity contribution < 1.29 is 4.79 Å². The molecule has 0 radical (unpaired) electrons. The van der Waals surface area contributed by atoms with Crippen LogP contribution in [0, 0.1) is 0 Å². The van der Waals surface area contributed by atoms with Gasteiger partial charge in [0.15, 0.2) is 0 Å². The minimum absolute atomic E-state index is 0.0817. The normalized spacial score (nSPS) is 27.8. The fourth-order valence-corrected chi connectivity index (χ4v) is 3.21. The van der Waals surface area contributed by atoms with Crippen LogP contribution in [0.2, 0.25) is 0 Å². The number of nitrogens with one attached hydrogen (secondary N) is 2. The second-order valence-electron chi connectivity index (χ2n) is 5.02. The Morgan fingerprint density at radius 2 is 2.12 bits per heavy atom. The summed E-state index contributed by atoms with van der Waals surface area (Å²) in [7, 11) is 0. The van der Waals surface area contributed by atoms with Gasteiger partial charge in [0.2, 0.25) is 5.91 Å². The third-order valence-corrected chi connectivity index (χ3v) is 4.78. The molecule has 1 amide bonds. The van der Waals surface area contributed by atoms with E-state index in [1.165, 1.54) is 19.3 Å². The summed E-state index contributed by atoms with van der Waals surface area (Å²) in [4.78, 5) is 11.9. The maximum absolute atomic E-state index is 11.9. The first-order chi connectivity index (χ1) is 8.08. The Labute approximate surface area is 109 Å². The lowest BCUT2D eigenvalue weighted by Gasteiger charge is -2.24. The molecular formula is C13H26N2OS. The van der Waals surface area contributed by atoms with E-state index in [0.717, 1.165) is 6.42 Å². The molecule has 100 valence electrons. The van der Waals surface area contributed by atoms with Crippen molar-refractivity contribution in [1.82, 2.24) is 10.6 Å². The zero-order valence-corrected chi connectivity index (χ0v) is 12.3. The van der Waals surface area contributed by atoms with Gasteiger partial charge in [0.1, 0.15) is 0 Å². The highest BCUT2D eigenvalue weighted by Gasteiger charge is 2.29. The molecular weight excluding hydrogens is 232 g/mol. The summed E-state index contributed by atoms with van der Waals surface area (Å²) in [6.07, 6.45) is 6.90. The van der Waals surface area contributed by atoms with E-state index >= 15 is 0 Å². The summed E-state index contributed by atoms with van der Waals surface area (Å²) in [5.74, 6) is 0.131. The Morgan fingerprint density at radius 3 is 2.71 bits per heavy atom. The predicted molar refractivity (Wildman–Crippen MR) is 75.4 cm³/mol. The Morgan fingerprint density at radius 1 is 1.41 bits per heavy atom. The van der Waals surface area contributed by atoms with Gasteiger partial charge in [0.25, 0.3) is 0 Å². The minimum Gasteiger partial charge on any atom is -0.352 e. The highest BCUT2D eigenvalue weighted by Crippen LogP contribution is 2.28. The highest BCUT2D eigenvalue weighted by atomic mass is 32.2. The van der Waals surface area contributed by atoms with Gasteiger partial charge in [-0.2, -0.15) is 11.8 Å². The maximum Gasteiger partial charge on any atom is 0.237 e. The summed E-state index contributed by atoms with van der Waals surface area (Å²) in [5, 5.41) is 7.18. The first-order valence-corrected chi connectivity index (χ1v) is 7.96. The van der Waals surface area contributed by atoms with E-state index in [4.69, 9.17) is 0 Å². The molecule has 0 bridgehead atoms. The molecule has 0 aromatic carbocycles. The molecule has 1 fully saturated rings. The van der Waals surface area contributed by atoms with Crippen LogP contribution >= 0.6 is 11.8 Å². The molecule has 3 nitrogen and oxygen atoms in total. The monoisotopic (exact) mass is 258 g/mol. The van der Waals surface area contributed by atoms with Crippen LogP contribution < -0.4 is 10.6 Å². The van der Waals surface area contributed by atoms with Gasteiger partial charge in [-0.25, -0.2) is 0 Å². The molecule has 0 heterocycles. The van der Waals surface area contributed by atoms with Crippen molar-refractivity contribution in [3.8, 4) is 0 Å². The fourth-order valence-electron chi connectivity index (χ4n) is 2.27. The third-order valence-electron chi connectivity index (χ3n) is 3.61. The van der Waals surface area contributed by atoms with Crippen LogP contribution in [0.3, 0.4) is 0 Å². The average molecular weight is 258 g/mol. The number of thioether (sulfide) groups is 1. The number of hydrogen-bond donors (Lipinski definition) is 2. The van der Waals surface area contributed by atoms with Crippen molar-refractivity contribution in [1.29, 1.82) is 0 Å². The standard InChI is InChI=1S/C13H26N2OS/c1-5-9(2)14-13(16)10(3)15-11-7-6-8-12(11)17-4/h9-12,15H,5-8H2,1-4H3,(H,14,16). The van der Waals surface area contributed by atoms with Gasteiger partial charge >= 0.3 is 0 Å². The van der Waals surface area contributed by atoms with Crippen molar-refractivity contribution in [3.05, 3.63) is 0 Å². The predicted octanol–water partition coefficient (Wildman–Crippen LogP) is 2.16. The molecule has 1 aliphatic carbocycles. The lowest BCUT2D eigenvalue weighted by atomic mass is 10.2. The lowest BCUT2D eigenvalue weighted by Crippen LogP contribution is -2.50. The molecule has 17 heavy (non-hydrogen) atoms. The molecule has 4 atom stereocenters. The number of carbonyl (C=O) groups excluding carboxylic acids is 1. The van der Waals surface area contributed by atoms with Gasteiger partial charge in [-0.05, 0) is 39.4 Å². The van der Waals surface area contributed by atoms with E-state index in [9.17, 15) is 4.79 Å². The molecule has 0 spiro atoms. The first kappa shape index (κ1) is 14.8. The Balaban J connectivity index is 2.37. The minimum atomic E-state index is -0.0817. The first-order valence-electron chi connectivity index (χ1n) is 6.67. The van der Waals surface area contributed by atoms with Gasteiger partial charge in [0, 0.05) is 17.3 Å². The quantitative estimate of drug-likeness (QED) is 0.767. The van der Waals surface area contributed by atoms with E-state index in [-0.39, 0.29) is 18.0 Å². The average Bonchev–Trinajstić information content (AvgIpc) is 2.75. The van der Waals surface area contributed by atoms with Gasteiger partial charge in [-0.15, -0.1) is 0 Å². The summed E-state index contributed by atoms with van der Waals surface area (Å²) in [5.41, 5.74) is 0. The van der Waals surface area contributed by atoms with E-state index in [2.05, 4.69) is 23.8 Å². The highest BCUT2D eigenvalue weighted by molar-refractivity contribution is 7.99. The van der Waals surface area contributed by atoms with Crippen molar-refractivity contribution in [2.24, 2.45) is 0 Å². The van der Waals surface area contributed by atoms with E-state index in [1.807, 2.05) is 25.6 Å². The van der Waals surface area contributed by atoms with Gasteiger partial charge in [-0.1, -0.05) is 13.3 Å². The fraction of sp³-hybridized carbons (Fsp3) is 0.923. The van der Waals surface area contributed by atoms with Crippen molar-refractivity contribution in [2.75, 3.05) is 6.26 Å². The number of rotatable bonds is 6. The van der Waals surface area contributed by atoms with Crippen molar-refractivity contribution >= 4 is 17.7 Å². The molecule has 4 heteroatoms. The second-order valence-corrected chi connectivity index (χ2v) is 6.09. The number of hydrogen-bond acceptors (Lipinski definition) is 3. The molecule has 2 N–H and O–H groups in total. The van der Waals surface area contributed by atoms with Gasteiger partial charge in [0.05, 0.1) is 6.04 Å². The maximum atomic E-state index is 11.9. The molecule has 0 aliphatic heterocycles. The van der Waals surface area contributed by atoms with Crippen LogP contribution in [-0.4, -0.2) is 35.5 Å². The number of carbonyl (C=O) groups is 1. The van der Waals surface area contributed by atoms with E-state index in [0.29, 0.717) is 11.3 Å². The molecule has 1 aliphatic rings. The van der Waals surface area contributed by atoms with E-state index in [1.54, 1.807) is 0 Å². The molecule has 0 aromatic heterocycles. The summed E-state index contributed by atoms with van der Waals surface area (Å²) in [6.45, 7) is 6.10. The SMILES string of the molecule is CCC(C)NC(=O)C(C)NC1CCCC1SC. The van der Waals surface area contributed by atoms with Crippen LogP contribution in [0.15, 0.2) is 0 Å². The zero-order chi connectivity index (χ0) is 12.8. The second kappa shape index (κ2) is 7.27. The topological polar surface area (TPSA) is 41.1 Å². The molecule has 1 saturated carbocycles. The molecule has 0 saturated heterocycles. The van der Waals surface area contributed by atoms with Crippen LogP contribution in [0.25, 0.3) is 0 Å². The van der Waals surface area contributed by atoms with Crippen LogP contribution in [-0.2, 0) is 4.79 Å². The van der Waals surface area contributed by atoms with Crippen LogP contribution in [0.4, 0.5) is 0 Å². The van der Waals surface area contributed by atoms with Gasteiger partial charge < -0.3 is 10.6 Å². The van der Waals surface area contributed by atoms with Crippen LogP contribution in [0.5, 0.6) is 0 Å². The smallest absolute Gasteiger partial charge is 0.237 e. The Kier molecular flexibility index (Phi) is 6.34. The Hall–Kier alpha value is -0.220. The summed E-state index contributed by atoms with van der Waals surface area (Å²) < 4.78 is 0. The lowest BCUT2D eigenvalue weighted by molar-refractivity contribution is -0.123. The third kappa shape index (κ3) is 4.51. The van der Waals surface area contributed by atoms with Gasteiger partial charge in [-0.3, -0.25) is 4.79 Å². The van der Waals surface area contributed by atoms with E-state index < -0.39 is 0 Å². The van der Waals surface area contributed by atoms with Crippen molar-refractivity contribution in [3.63, 3.8) is 0 Å². The zero-order valence-electron chi connectivity index (χ0n) is 11.5.